The molecule has 0 fully saturated rings. The molecule has 0 atom stereocenters. The molecule has 1 aromatic heterocycles. The number of nitrogens with one attached hydrogen (secondary N) is 1. The van der Waals surface area contributed by atoms with Crippen molar-refractivity contribution < 1.29 is 4.79 Å². The summed E-state index contributed by atoms with van der Waals surface area (Å²) >= 11 is 6.18. The van der Waals surface area contributed by atoms with Gasteiger partial charge in [-0.05, 0) is 62.1 Å². The summed E-state index contributed by atoms with van der Waals surface area (Å²) in [5.74, 6) is -0.584. The van der Waals surface area contributed by atoms with E-state index < -0.39 is 11.2 Å². The lowest BCUT2D eigenvalue weighted by Gasteiger charge is -2.18. The van der Waals surface area contributed by atoms with E-state index in [4.69, 9.17) is 11.6 Å². The minimum Gasteiger partial charge on any atom is -0.287 e. The third-order valence-corrected chi connectivity index (χ3v) is 5.17. The van der Waals surface area contributed by atoms with Gasteiger partial charge in [-0.15, -0.1) is 0 Å². The maximum Gasteiger partial charge on any atom is 0.329 e. The number of H-pyrrole nitrogens is 1. The normalized spacial score (nSPS) is 11.2. The van der Waals surface area contributed by atoms with Crippen LogP contribution in [0.5, 0.6) is 0 Å². The van der Waals surface area contributed by atoms with E-state index >= 15 is 0 Å². The molecule has 0 aliphatic rings. The van der Waals surface area contributed by atoms with Crippen molar-refractivity contribution in [2.45, 2.75) is 47.1 Å². The van der Waals surface area contributed by atoms with Crippen LogP contribution in [0.2, 0.25) is 5.02 Å². The topological polar surface area (TPSA) is 71.9 Å². The monoisotopic (exact) mass is 424 g/mol. The van der Waals surface area contributed by atoms with Crippen LogP contribution in [-0.4, -0.2) is 15.3 Å². The van der Waals surface area contributed by atoms with Crippen LogP contribution < -0.4 is 11.2 Å². The molecule has 156 valence electrons. The van der Waals surface area contributed by atoms with E-state index in [1.807, 2.05) is 52.8 Å². The number of nitrogens with zero attached hydrogens (tertiary/aromatic N) is 1. The van der Waals surface area contributed by atoms with Crippen LogP contribution >= 0.6 is 11.6 Å². The molecule has 0 aliphatic heterocycles. The van der Waals surface area contributed by atoms with Gasteiger partial charge in [-0.2, -0.15) is 0 Å². The Morgan fingerprint density at radius 3 is 2.13 bits per heavy atom. The first kappa shape index (κ1) is 21.8. The van der Waals surface area contributed by atoms with E-state index in [2.05, 4.69) is 4.98 Å². The number of hydrogen-bond acceptors (Lipinski definition) is 3. The van der Waals surface area contributed by atoms with Crippen molar-refractivity contribution in [2.75, 3.05) is 0 Å². The second kappa shape index (κ2) is 8.44. The van der Waals surface area contributed by atoms with E-state index in [1.54, 1.807) is 18.2 Å². The SMILES string of the molecule is Cc1cc(Cl)cc(Cn2c(C(=O)c3cc(C)cc(C)c3)c(C(C)C)c(=O)[nH]c2=O)c1. The van der Waals surface area contributed by atoms with Gasteiger partial charge in [0, 0.05) is 16.1 Å². The molecule has 2 aromatic carbocycles. The number of rotatable bonds is 5. The molecule has 0 saturated carbocycles. The minimum atomic E-state index is -0.616. The number of halogens is 1. The second-order valence-corrected chi connectivity index (χ2v) is 8.54. The van der Waals surface area contributed by atoms with Gasteiger partial charge >= 0.3 is 5.69 Å². The Balaban J connectivity index is 2.29. The van der Waals surface area contributed by atoms with Crippen LogP contribution in [0, 0.1) is 20.8 Å². The number of aromatic nitrogens is 2. The lowest BCUT2D eigenvalue weighted by Crippen LogP contribution is -2.38. The number of hydrogen-bond donors (Lipinski definition) is 1. The summed E-state index contributed by atoms with van der Waals surface area (Å²) < 4.78 is 1.35. The zero-order valence-corrected chi connectivity index (χ0v) is 18.6. The molecular weight excluding hydrogens is 400 g/mol. The predicted octanol–water partition coefficient (Wildman–Crippen LogP) is 4.52. The smallest absolute Gasteiger partial charge is 0.287 e. The van der Waals surface area contributed by atoms with Gasteiger partial charge in [0.1, 0.15) is 5.69 Å². The van der Waals surface area contributed by atoms with Crippen molar-refractivity contribution >= 4 is 17.4 Å². The molecule has 0 saturated heterocycles. The van der Waals surface area contributed by atoms with Gasteiger partial charge < -0.3 is 0 Å². The molecule has 1 heterocycles. The van der Waals surface area contributed by atoms with Gasteiger partial charge in [-0.25, -0.2) is 4.79 Å². The highest BCUT2D eigenvalue weighted by molar-refractivity contribution is 6.30. The van der Waals surface area contributed by atoms with Crippen LogP contribution in [0.15, 0.2) is 46.0 Å². The molecule has 30 heavy (non-hydrogen) atoms. The summed E-state index contributed by atoms with van der Waals surface area (Å²) in [7, 11) is 0. The molecule has 1 N–H and O–H groups in total. The van der Waals surface area contributed by atoms with Crippen molar-refractivity contribution in [1.29, 1.82) is 0 Å². The van der Waals surface area contributed by atoms with E-state index in [0.29, 0.717) is 16.1 Å². The number of carbonyl (C=O) groups is 1. The standard InChI is InChI=1S/C24H25ClN2O3/c1-13(2)20-21(22(28)18-8-14(3)6-15(4)9-18)27(24(30)26-23(20)29)12-17-7-16(5)10-19(25)11-17/h6-11,13H,12H2,1-5H3,(H,26,29,30). The predicted molar refractivity (Wildman–Crippen MR) is 120 cm³/mol. The highest BCUT2D eigenvalue weighted by Gasteiger charge is 2.25. The summed E-state index contributed by atoms with van der Waals surface area (Å²) in [6, 6.07) is 11.0. The van der Waals surface area contributed by atoms with E-state index in [9.17, 15) is 14.4 Å². The second-order valence-electron chi connectivity index (χ2n) is 8.10. The maximum atomic E-state index is 13.6. The fraction of sp³-hybridized carbons (Fsp3) is 0.292. The van der Waals surface area contributed by atoms with Gasteiger partial charge in [-0.3, -0.25) is 19.1 Å². The molecular formula is C24H25ClN2O3. The Hall–Kier alpha value is -2.92. The molecule has 0 aliphatic carbocycles. The van der Waals surface area contributed by atoms with Crippen LogP contribution in [0.1, 0.15) is 63.6 Å². The molecule has 3 rings (SSSR count). The minimum absolute atomic E-state index is 0.126. The first-order valence-electron chi connectivity index (χ1n) is 9.83. The summed E-state index contributed by atoms with van der Waals surface area (Å²) in [5, 5.41) is 0.550. The van der Waals surface area contributed by atoms with Gasteiger partial charge in [0.15, 0.2) is 0 Å². The summed E-state index contributed by atoms with van der Waals surface area (Å²) in [5.41, 5.74) is 3.34. The van der Waals surface area contributed by atoms with Crippen molar-refractivity contribution in [1.82, 2.24) is 9.55 Å². The van der Waals surface area contributed by atoms with Gasteiger partial charge in [0.2, 0.25) is 5.78 Å². The third-order valence-electron chi connectivity index (χ3n) is 4.95. The molecule has 5 nitrogen and oxygen atoms in total. The molecule has 0 unspecified atom stereocenters. The number of aryl methyl sites for hydroxylation is 3. The quantitative estimate of drug-likeness (QED) is 0.612. The number of benzene rings is 2. The van der Waals surface area contributed by atoms with Gasteiger partial charge in [0.25, 0.3) is 5.56 Å². The zero-order chi connectivity index (χ0) is 22.2. The Bertz CT molecular complexity index is 1210. The molecule has 0 amide bonds. The van der Waals surface area contributed by atoms with Gasteiger partial charge in [0.05, 0.1) is 6.54 Å². The van der Waals surface area contributed by atoms with Gasteiger partial charge in [-0.1, -0.05) is 48.7 Å². The van der Waals surface area contributed by atoms with Crippen molar-refractivity contribution in [3.05, 3.63) is 101 Å². The van der Waals surface area contributed by atoms with E-state index in [1.165, 1.54) is 4.57 Å². The number of carbonyl (C=O) groups excluding carboxylic acids is 1. The molecule has 0 spiro atoms. The third kappa shape index (κ3) is 4.46. The lowest BCUT2D eigenvalue weighted by molar-refractivity contribution is 0.102. The summed E-state index contributed by atoms with van der Waals surface area (Å²) in [6.07, 6.45) is 0. The van der Waals surface area contributed by atoms with Crippen molar-refractivity contribution in [3.63, 3.8) is 0 Å². The summed E-state index contributed by atoms with van der Waals surface area (Å²) in [4.78, 5) is 41.4. The molecule has 6 heteroatoms. The summed E-state index contributed by atoms with van der Waals surface area (Å²) in [6.45, 7) is 9.52. The molecule has 0 bridgehead atoms. The van der Waals surface area contributed by atoms with Crippen molar-refractivity contribution in [3.8, 4) is 0 Å². The van der Waals surface area contributed by atoms with Crippen LogP contribution in [0.25, 0.3) is 0 Å². The highest BCUT2D eigenvalue weighted by atomic mass is 35.5. The largest absolute Gasteiger partial charge is 0.329 e. The molecule has 3 aromatic rings. The van der Waals surface area contributed by atoms with E-state index in [0.717, 1.165) is 22.3 Å². The molecule has 0 radical (unpaired) electrons. The lowest BCUT2D eigenvalue weighted by atomic mass is 9.95. The Labute approximate surface area is 180 Å². The Morgan fingerprint density at radius 2 is 1.57 bits per heavy atom. The average Bonchev–Trinajstić information content (AvgIpc) is 2.61. The van der Waals surface area contributed by atoms with E-state index in [-0.39, 0.29) is 23.9 Å². The maximum absolute atomic E-state index is 13.6. The highest BCUT2D eigenvalue weighted by Crippen LogP contribution is 2.21. The Morgan fingerprint density at radius 1 is 0.967 bits per heavy atom. The van der Waals surface area contributed by atoms with Crippen LogP contribution in [0.4, 0.5) is 0 Å². The van der Waals surface area contributed by atoms with Crippen LogP contribution in [-0.2, 0) is 6.54 Å². The number of aromatic amines is 1. The first-order chi connectivity index (χ1) is 14.1. The average molecular weight is 425 g/mol. The van der Waals surface area contributed by atoms with Crippen molar-refractivity contribution in [2.24, 2.45) is 0 Å². The Kier molecular flexibility index (Phi) is 6.13. The van der Waals surface area contributed by atoms with Crippen LogP contribution in [0.3, 0.4) is 0 Å². The first-order valence-corrected chi connectivity index (χ1v) is 10.2. The number of ketones is 1. The fourth-order valence-corrected chi connectivity index (χ4v) is 4.16. The fourth-order valence-electron chi connectivity index (χ4n) is 3.85. The zero-order valence-electron chi connectivity index (χ0n) is 17.8.